The van der Waals surface area contributed by atoms with Crippen LogP contribution in [0.2, 0.25) is 0 Å². The van der Waals surface area contributed by atoms with Gasteiger partial charge < -0.3 is 9.84 Å². The summed E-state index contributed by atoms with van der Waals surface area (Å²) in [6.45, 7) is 4.87. The van der Waals surface area contributed by atoms with Gasteiger partial charge in [-0.05, 0) is 56.5 Å². The van der Waals surface area contributed by atoms with E-state index in [0.717, 1.165) is 25.0 Å². The lowest BCUT2D eigenvalue weighted by molar-refractivity contribution is -0.242. The molecule has 0 aliphatic carbocycles. The third kappa shape index (κ3) is 5.19. The highest BCUT2D eigenvalue weighted by atomic mass is 19.4. The van der Waals surface area contributed by atoms with Crippen LogP contribution in [0.5, 0.6) is 0 Å². The van der Waals surface area contributed by atoms with Crippen molar-refractivity contribution in [1.29, 1.82) is 0 Å². The fraction of sp³-hybridized carbons (Fsp3) is 0.368. The number of alkyl halides is 3. The summed E-state index contributed by atoms with van der Waals surface area (Å²) < 4.78 is 42.9. The number of nitrogens with zero attached hydrogens (tertiary/aromatic N) is 1. The van der Waals surface area contributed by atoms with E-state index < -0.39 is 23.5 Å². The zero-order valence-corrected chi connectivity index (χ0v) is 15.4. The van der Waals surface area contributed by atoms with Crippen LogP contribution in [0.15, 0.2) is 42.6 Å². The molecule has 2 aromatic rings. The second-order valence-electron chi connectivity index (χ2n) is 7.09. The second kappa shape index (κ2) is 7.19. The van der Waals surface area contributed by atoms with Crippen LogP contribution < -0.4 is 5.32 Å². The SMILES string of the molecule is CC(C)(O)c1ccc(-c2ccnc(NC(=O)OC(C)(C)C(F)(F)F)c2)cc1. The van der Waals surface area contributed by atoms with E-state index >= 15 is 0 Å². The van der Waals surface area contributed by atoms with Gasteiger partial charge in [-0.1, -0.05) is 24.3 Å². The summed E-state index contributed by atoms with van der Waals surface area (Å²) in [6, 6.07) is 10.3. The Morgan fingerprint density at radius 1 is 1.04 bits per heavy atom. The highest BCUT2D eigenvalue weighted by Gasteiger charge is 2.51. The van der Waals surface area contributed by atoms with Gasteiger partial charge in [0.1, 0.15) is 5.82 Å². The molecule has 27 heavy (non-hydrogen) atoms. The Hall–Kier alpha value is -2.61. The number of halogens is 3. The molecule has 1 amide bonds. The van der Waals surface area contributed by atoms with E-state index in [0.29, 0.717) is 5.56 Å². The van der Waals surface area contributed by atoms with Crippen molar-refractivity contribution < 1.29 is 27.8 Å². The molecule has 146 valence electrons. The van der Waals surface area contributed by atoms with Crippen molar-refractivity contribution in [2.24, 2.45) is 0 Å². The molecule has 0 atom stereocenters. The van der Waals surface area contributed by atoms with Crippen LogP contribution in [0.1, 0.15) is 33.3 Å². The van der Waals surface area contributed by atoms with Gasteiger partial charge in [0, 0.05) is 6.20 Å². The second-order valence-corrected chi connectivity index (χ2v) is 7.09. The quantitative estimate of drug-likeness (QED) is 0.792. The number of ether oxygens (including phenoxy) is 1. The van der Waals surface area contributed by atoms with Crippen LogP contribution in [-0.4, -0.2) is 28.0 Å². The molecule has 5 nitrogen and oxygen atoms in total. The van der Waals surface area contributed by atoms with Crippen LogP contribution in [0.4, 0.5) is 23.8 Å². The Labute approximate surface area is 155 Å². The lowest BCUT2D eigenvalue weighted by Gasteiger charge is -2.27. The number of pyridine rings is 1. The Morgan fingerprint density at radius 2 is 1.63 bits per heavy atom. The maximum Gasteiger partial charge on any atom is 0.427 e. The summed E-state index contributed by atoms with van der Waals surface area (Å²) in [5.74, 6) is 0.0574. The molecule has 2 N–H and O–H groups in total. The first-order valence-electron chi connectivity index (χ1n) is 8.16. The number of anilines is 1. The molecule has 8 heteroatoms. The average Bonchev–Trinajstić information content (AvgIpc) is 2.52. The molecule has 1 aromatic heterocycles. The average molecular weight is 382 g/mol. The number of rotatable bonds is 4. The van der Waals surface area contributed by atoms with Crippen molar-refractivity contribution >= 4 is 11.9 Å². The minimum absolute atomic E-state index is 0.0574. The van der Waals surface area contributed by atoms with E-state index in [9.17, 15) is 23.1 Å². The lowest BCUT2D eigenvalue weighted by Crippen LogP contribution is -2.44. The molecule has 2 rings (SSSR count). The molecule has 0 unspecified atom stereocenters. The van der Waals surface area contributed by atoms with Crippen molar-refractivity contribution in [2.45, 2.75) is 45.1 Å². The van der Waals surface area contributed by atoms with Crippen LogP contribution in [0, 0.1) is 0 Å². The molecule has 1 heterocycles. The van der Waals surface area contributed by atoms with E-state index in [1.807, 2.05) is 0 Å². The van der Waals surface area contributed by atoms with Crippen LogP contribution in [-0.2, 0) is 10.3 Å². The van der Waals surface area contributed by atoms with Crippen molar-refractivity contribution in [2.75, 3.05) is 5.32 Å². The lowest BCUT2D eigenvalue weighted by atomic mass is 9.96. The molecule has 0 spiro atoms. The summed E-state index contributed by atoms with van der Waals surface area (Å²) in [5.41, 5.74) is -1.38. The van der Waals surface area contributed by atoms with Gasteiger partial charge >= 0.3 is 12.3 Å². The molecule has 0 saturated heterocycles. The molecule has 0 fully saturated rings. The zero-order chi connectivity index (χ0) is 20.5. The van der Waals surface area contributed by atoms with E-state index in [4.69, 9.17) is 0 Å². The number of carbonyl (C=O) groups excluding carboxylic acids is 1. The van der Waals surface area contributed by atoms with Crippen LogP contribution >= 0.6 is 0 Å². The zero-order valence-electron chi connectivity index (χ0n) is 15.4. The summed E-state index contributed by atoms with van der Waals surface area (Å²) >= 11 is 0. The largest absolute Gasteiger partial charge is 0.434 e. The first-order valence-corrected chi connectivity index (χ1v) is 8.16. The van der Waals surface area contributed by atoms with Crippen molar-refractivity contribution in [3.8, 4) is 11.1 Å². The summed E-state index contributed by atoms with van der Waals surface area (Å²) in [5, 5.41) is 12.2. The minimum Gasteiger partial charge on any atom is -0.434 e. The van der Waals surface area contributed by atoms with Gasteiger partial charge in [-0.25, -0.2) is 9.78 Å². The third-order valence-corrected chi connectivity index (χ3v) is 3.95. The molecule has 0 saturated carbocycles. The molecule has 0 radical (unpaired) electrons. The maximum atomic E-state index is 12.8. The number of carbonyl (C=O) groups is 1. The van der Waals surface area contributed by atoms with Crippen molar-refractivity contribution in [1.82, 2.24) is 4.98 Å². The predicted molar refractivity (Wildman–Crippen MR) is 95.2 cm³/mol. The van der Waals surface area contributed by atoms with Gasteiger partial charge in [-0.15, -0.1) is 0 Å². The topological polar surface area (TPSA) is 71.5 Å². The normalized spacial score (nSPS) is 12.6. The summed E-state index contributed by atoms with van der Waals surface area (Å²) in [7, 11) is 0. The van der Waals surface area contributed by atoms with E-state index in [2.05, 4.69) is 15.0 Å². The Morgan fingerprint density at radius 3 is 2.15 bits per heavy atom. The fourth-order valence-corrected chi connectivity index (χ4v) is 2.17. The van der Waals surface area contributed by atoms with E-state index in [-0.39, 0.29) is 5.82 Å². The third-order valence-electron chi connectivity index (χ3n) is 3.95. The monoisotopic (exact) mass is 382 g/mol. The number of hydrogen-bond acceptors (Lipinski definition) is 4. The number of benzene rings is 1. The van der Waals surface area contributed by atoms with Gasteiger partial charge in [0.25, 0.3) is 0 Å². The van der Waals surface area contributed by atoms with E-state index in [1.54, 1.807) is 44.2 Å². The van der Waals surface area contributed by atoms with E-state index in [1.165, 1.54) is 12.3 Å². The van der Waals surface area contributed by atoms with Crippen molar-refractivity contribution in [3.05, 3.63) is 48.2 Å². The molecule has 1 aromatic carbocycles. The smallest absolute Gasteiger partial charge is 0.427 e. The maximum absolute atomic E-state index is 12.8. The molecule has 0 bridgehead atoms. The van der Waals surface area contributed by atoms with Gasteiger partial charge in [0.05, 0.1) is 5.60 Å². The van der Waals surface area contributed by atoms with Gasteiger partial charge in [-0.2, -0.15) is 13.2 Å². The minimum atomic E-state index is -4.69. The molecule has 0 aliphatic heterocycles. The standard InChI is InChI=1S/C19H21F3N2O3/c1-17(2,26)14-7-5-12(6-8-14)13-9-10-23-15(11-13)24-16(25)27-18(3,4)19(20,21)22/h5-11,26H,1-4H3,(H,23,24,25). The van der Waals surface area contributed by atoms with Gasteiger partial charge in [0.15, 0.2) is 0 Å². The van der Waals surface area contributed by atoms with Crippen molar-refractivity contribution in [3.63, 3.8) is 0 Å². The first kappa shape index (κ1) is 20.7. The first-order chi connectivity index (χ1) is 12.3. The number of aliphatic hydroxyl groups is 1. The number of amides is 1. The molecular weight excluding hydrogens is 361 g/mol. The highest BCUT2D eigenvalue weighted by Crippen LogP contribution is 2.33. The van der Waals surface area contributed by atoms with Gasteiger partial charge in [-0.3, -0.25) is 5.32 Å². The van der Waals surface area contributed by atoms with Gasteiger partial charge in [0.2, 0.25) is 5.60 Å². The summed E-state index contributed by atoms with van der Waals surface area (Å²) in [4.78, 5) is 15.7. The number of hydrogen-bond donors (Lipinski definition) is 2. The molecular formula is C19H21F3N2O3. The fourth-order valence-electron chi connectivity index (χ4n) is 2.17. The Kier molecular flexibility index (Phi) is 5.51. The van der Waals surface area contributed by atoms with Crippen LogP contribution in [0.3, 0.4) is 0 Å². The number of nitrogens with one attached hydrogen (secondary N) is 1. The Balaban J connectivity index is 2.15. The van der Waals surface area contributed by atoms with Crippen LogP contribution in [0.25, 0.3) is 11.1 Å². The predicted octanol–water partition coefficient (Wildman–Crippen LogP) is 4.87. The molecule has 0 aliphatic rings. The highest BCUT2D eigenvalue weighted by molar-refractivity contribution is 5.84. The number of aromatic nitrogens is 1. The Bertz CT molecular complexity index is 810. The summed E-state index contributed by atoms with van der Waals surface area (Å²) in [6.07, 6.45) is -4.52.